The smallest absolute Gasteiger partial charge is 0.331 e. The summed E-state index contributed by atoms with van der Waals surface area (Å²) in [4.78, 5) is 64.4. The molecule has 5 heterocycles. The summed E-state index contributed by atoms with van der Waals surface area (Å²) in [5, 5.41) is 46.8. The Kier molecular flexibility index (Phi) is 16.4. The third-order valence-corrected chi connectivity index (χ3v) is 12.5. The lowest BCUT2D eigenvalue weighted by Crippen LogP contribution is -2.65. The van der Waals surface area contributed by atoms with Crippen LogP contribution in [0.25, 0.3) is 0 Å². The van der Waals surface area contributed by atoms with Gasteiger partial charge in [0.1, 0.15) is 18.3 Å². The minimum Gasteiger partial charge on any atom is -0.466 e. The van der Waals surface area contributed by atoms with Crippen molar-refractivity contribution in [2.45, 2.75) is 172 Å². The quantitative estimate of drug-likeness (QED) is 0.0894. The van der Waals surface area contributed by atoms with Crippen molar-refractivity contribution in [1.82, 2.24) is 0 Å². The second kappa shape index (κ2) is 20.7. The van der Waals surface area contributed by atoms with Crippen molar-refractivity contribution < 1.29 is 82.3 Å². The molecule has 5 aliphatic heterocycles. The minimum absolute atomic E-state index is 0.00995. The molecule has 0 aromatic rings. The van der Waals surface area contributed by atoms with Crippen molar-refractivity contribution >= 4 is 29.8 Å². The molecule has 0 aromatic heterocycles. The number of rotatable bonds is 8. The monoisotopic (exact) mass is 888 g/mol. The molecule has 0 amide bonds. The average molecular weight is 889 g/mol. The largest absolute Gasteiger partial charge is 0.466 e. The predicted molar refractivity (Wildman–Crippen MR) is 222 cm³/mol. The van der Waals surface area contributed by atoms with Crippen LogP contribution >= 0.6 is 0 Å². The van der Waals surface area contributed by atoms with E-state index >= 15 is 0 Å². The zero-order valence-electron chi connectivity index (χ0n) is 37.2. The van der Waals surface area contributed by atoms with Crippen LogP contribution in [0, 0.1) is 10.8 Å². The summed E-state index contributed by atoms with van der Waals surface area (Å²) in [5.41, 5.74) is -2.01. The molecular weight excluding hydrogens is 824 g/mol. The van der Waals surface area contributed by atoms with Crippen molar-refractivity contribution in [3.63, 3.8) is 0 Å². The first-order valence-corrected chi connectivity index (χ1v) is 21.7. The number of hydrogen-bond donors (Lipinski definition) is 4. The molecule has 0 radical (unpaired) electrons. The van der Waals surface area contributed by atoms with Crippen LogP contribution in [0.4, 0.5) is 0 Å². The molecular formula is C46H64O17. The van der Waals surface area contributed by atoms with Gasteiger partial charge in [-0.25, -0.2) is 14.4 Å². The fourth-order valence-electron chi connectivity index (χ4n) is 8.78. The van der Waals surface area contributed by atoms with Gasteiger partial charge in [0.05, 0.1) is 50.0 Å². The molecule has 350 valence electrons. The lowest BCUT2D eigenvalue weighted by molar-refractivity contribution is -0.347. The lowest BCUT2D eigenvalue weighted by atomic mass is 9.70. The molecule has 6 bridgehead atoms. The van der Waals surface area contributed by atoms with Crippen LogP contribution in [0.3, 0.4) is 0 Å². The van der Waals surface area contributed by atoms with Crippen LogP contribution in [-0.2, 0) is 61.9 Å². The Labute approximate surface area is 368 Å². The highest BCUT2D eigenvalue weighted by atomic mass is 16.7. The van der Waals surface area contributed by atoms with Gasteiger partial charge in [-0.05, 0) is 32.1 Å². The summed E-state index contributed by atoms with van der Waals surface area (Å²) >= 11 is 0. The third kappa shape index (κ3) is 11.9. The fraction of sp³-hybridized carbons (Fsp3) is 0.674. The molecule has 4 N–H and O–H groups in total. The molecule has 63 heavy (non-hydrogen) atoms. The molecule has 11 atom stereocenters. The second-order valence-corrected chi connectivity index (χ2v) is 18.1. The summed E-state index contributed by atoms with van der Waals surface area (Å²) in [7, 11) is 1.25. The van der Waals surface area contributed by atoms with Crippen LogP contribution in [0.2, 0.25) is 0 Å². The Balaban J connectivity index is 1.59. The Hall–Kier alpha value is -4.23. The Bertz CT molecular complexity index is 1840. The predicted octanol–water partition coefficient (Wildman–Crippen LogP) is 3.64. The van der Waals surface area contributed by atoms with Gasteiger partial charge < -0.3 is 58.3 Å². The van der Waals surface area contributed by atoms with Gasteiger partial charge in [0.2, 0.25) is 5.79 Å². The number of ether oxygens (including phenoxy) is 8. The fourth-order valence-corrected chi connectivity index (χ4v) is 8.78. The molecule has 5 rings (SSSR count). The van der Waals surface area contributed by atoms with Crippen LogP contribution in [0.1, 0.15) is 106 Å². The van der Waals surface area contributed by atoms with Crippen molar-refractivity contribution in [2.75, 3.05) is 13.7 Å². The molecule has 0 unspecified atom stereocenters. The number of aliphatic hydroxyl groups is 4. The Morgan fingerprint density at radius 2 is 1.68 bits per heavy atom. The number of fused-ring (bicyclic) bond motifs is 8. The van der Waals surface area contributed by atoms with Crippen molar-refractivity contribution in [3.8, 4) is 0 Å². The van der Waals surface area contributed by atoms with Gasteiger partial charge in [0, 0.05) is 55.4 Å². The molecule has 5 aliphatic rings. The van der Waals surface area contributed by atoms with Crippen molar-refractivity contribution in [3.05, 3.63) is 59.8 Å². The SMILES string of the molecule is CCC/C=C/C=C/C(=O)O[C@H]1C2=CC(=O)O[C@H]2[C@H]2C[C@H](CO)OC(=O)C[C@H](O)CC[C@@H]3C[C@H](OC(C)=O)C(C)(C)[C@](O)(C[C@@H]4C/C(=C/C(=O)OC)C[C@H](/C=C/C(C)(C)[C@]1(O)O2)O4)O3. The van der Waals surface area contributed by atoms with Gasteiger partial charge in [-0.3, -0.25) is 9.59 Å². The standard InChI is InChI=1S/C46H64O17/c1-8-9-10-11-12-13-37(50)61-42-34-24-40(53)60-41(34)35-22-33(26-47)59-39(52)21-29(49)14-15-31-23-36(57-27(2)48)44(5,6)45(54,62-31)25-32-19-28(20-38(51)56-7)18-30(58-32)16-17-43(3,4)46(42,55)63-35/h10-13,16-17,20,24,29-33,35-36,41-42,47,49,54-55H,8-9,14-15,18-19,21-23,25-26H2,1-7H3/b11-10+,13-12+,17-16+,28-20+/t29-,30+,31-,32+,33-,35-,36+,41-,42+,45+,46-/m1/s1. The number of carbonyl (C=O) groups excluding carboxylic acids is 5. The summed E-state index contributed by atoms with van der Waals surface area (Å²) < 4.78 is 47.2. The van der Waals surface area contributed by atoms with Gasteiger partial charge in [-0.2, -0.15) is 0 Å². The zero-order valence-corrected chi connectivity index (χ0v) is 37.2. The van der Waals surface area contributed by atoms with E-state index in [-0.39, 0.29) is 50.5 Å². The summed E-state index contributed by atoms with van der Waals surface area (Å²) in [6.45, 7) is 9.18. The van der Waals surface area contributed by atoms with E-state index in [0.29, 0.717) is 5.57 Å². The molecule has 0 saturated carbocycles. The number of methoxy groups -OCH3 is 1. The van der Waals surface area contributed by atoms with Gasteiger partial charge >= 0.3 is 29.8 Å². The highest BCUT2D eigenvalue weighted by Crippen LogP contribution is 2.51. The second-order valence-electron chi connectivity index (χ2n) is 18.1. The number of carbonyl (C=O) groups is 5. The van der Waals surface area contributed by atoms with Gasteiger partial charge in [0.15, 0.2) is 18.0 Å². The van der Waals surface area contributed by atoms with E-state index in [1.165, 1.54) is 26.2 Å². The molecule has 3 fully saturated rings. The van der Waals surface area contributed by atoms with E-state index in [4.69, 9.17) is 37.9 Å². The summed E-state index contributed by atoms with van der Waals surface area (Å²) in [6.07, 6.45) is 3.54. The van der Waals surface area contributed by atoms with Gasteiger partial charge in [0.25, 0.3) is 0 Å². The molecule has 3 saturated heterocycles. The lowest BCUT2D eigenvalue weighted by Gasteiger charge is -2.53. The maximum atomic E-state index is 13.4. The number of aliphatic hydroxyl groups excluding tert-OH is 2. The van der Waals surface area contributed by atoms with Crippen LogP contribution in [0.15, 0.2) is 59.8 Å². The first-order chi connectivity index (χ1) is 29.6. The van der Waals surface area contributed by atoms with Crippen LogP contribution < -0.4 is 0 Å². The van der Waals surface area contributed by atoms with E-state index < -0.39 is 120 Å². The highest BCUT2D eigenvalue weighted by molar-refractivity contribution is 5.87. The highest BCUT2D eigenvalue weighted by Gasteiger charge is 2.63. The van der Waals surface area contributed by atoms with Crippen molar-refractivity contribution in [2.24, 2.45) is 10.8 Å². The van der Waals surface area contributed by atoms with E-state index in [9.17, 15) is 44.4 Å². The normalized spacial score (nSPS) is 37.2. The van der Waals surface area contributed by atoms with E-state index in [1.54, 1.807) is 45.9 Å². The zero-order chi connectivity index (χ0) is 46.3. The maximum Gasteiger partial charge on any atom is 0.331 e. The first-order valence-electron chi connectivity index (χ1n) is 21.7. The summed E-state index contributed by atoms with van der Waals surface area (Å²) in [6, 6.07) is 0. The van der Waals surface area contributed by atoms with Gasteiger partial charge in [-0.1, -0.05) is 77.0 Å². The van der Waals surface area contributed by atoms with E-state index in [0.717, 1.165) is 25.0 Å². The molecule has 17 heteroatoms. The number of hydrogen-bond acceptors (Lipinski definition) is 17. The van der Waals surface area contributed by atoms with E-state index in [2.05, 4.69) is 0 Å². The van der Waals surface area contributed by atoms with Crippen molar-refractivity contribution in [1.29, 1.82) is 0 Å². The topological polar surface area (TPSA) is 240 Å². The Morgan fingerprint density at radius 3 is 2.37 bits per heavy atom. The van der Waals surface area contributed by atoms with Crippen LogP contribution in [-0.4, -0.2) is 130 Å². The maximum absolute atomic E-state index is 13.4. The minimum atomic E-state index is -2.46. The molecule has 0 spiro atoms. The third-order valence-electron chi connectivity index (χ3n) is 12.5. The number of allylic oxidation sites excluding steroid dienone is 3. The van der Waals surface area contributed by atoms with Gasteiger partial charge in [-0.15, -0.1) is 0 Å². The Morgan fingerprint density at radius 1 is 0.937 bits per heavy atom. The molecule has 17 nitrogen and oxygen atoms in total. The summed E-state index contributed by atoms with van der Waals surface area (Å²) in [5.74, 6) is -8.15. The van der Waals surface area contributed by atoms with E-state index in [1.807, 2.05) is 13.0 Å². The number of unbranched alkanes of at least 4 members (excludes halogenated alkanes) is 1. The molecule has 0 aliphatic carbocycles. The molecule has 0 aromatic carbocycles. The number of cyclic esters (lactones) is 1. The number of esters is 5. The first kappa shape index (κ1) is 49.8. The average Bonchev–Trinajstić information content (AvgIpc) is 3.60. The van der Waals surface area contributed by atoms with Crippen LogP contribution in [0.5, 0.6) is 0 Å².